The predicted molar refractivity (Wildman–Crippen MR) is 60.2 cm³/mol. The number of hydrogen-bond donors (Lipinski definition) is 1. The van der Waals surface area contributed by atoms with Crippen LogP contribution in [0.25, 0.3) is 0 Å². The van der Waals surface area contributed by atoms with E-state index in [0.29, 0.717) is 6.61 Å². The van der Waals surface area contributed by atoms with E-state index in [2.05, 4.69) is 10.3 Å². The second-order valence-electron chi connectivity index (χ2n) is 4.84. The fourth-order valence-electron chi connectivity index (χ4n) is 1.95. The van der Waals surface area contributed by atoms with E-state index in [9.17, 15) is 18.0 Å². The molecule has 9 heteroatoms. The van der Waals surface area contributed by atoms with Gasteiger partial charge < -0.3 is 9.57 Å². The molecule has 116 valence electrons. The fraction of sp³-hybridized carbons (Fsp3) is 0.909. The summed E-state index contributed by atoms with van der Waals surface area (Å²) in [6.07, 6.45) is -1.78. The Morgan fingerprint density at radius 3 is 2.70 bits per heavy atom. The minimum atomic E-state index is -4.96. The molecule has 0 bridgehead atoms. The standard InChI is InChI=1S/C11H17F3N2O4/c12-11(13,14)10(17)20-16-5-8(6-16)15-19-7-9-3-1-2-4-18-9/h8-9,15H,1-7H2/t9-/m1/s1. The monoisotopic (exact) mass is 298 g/mol. The largest absolute Gasteiger partial charge is 0.492 e. The molecule has 1 N–H and O–H groups in total. The van der Waals surface area contributed by atoms with E-state index in [1.165, 1.54) is 0 Å². The highest BCUT2D eigenvalue weighted by Crippen LogP contribution is 2.19. The van der Waals surface area contributed by atoms with Crippen molar-refractivity contribution in [2.24, 2.45) is 0 Å². The molecule has 0 unspecified atom stereocenters. The van der Waals surface area contributed by atoms with Crippen LogP contribution in [0.15, 0.2) is 0 Å². The lowest BCUT2D eigenvalue weighted by Gasteiger charge is -2.37. The van der Waals surface area contributed by atoms with Crippen molar-refractivity contribution >= 4 is 5.97 Å². The van der Waals surface area contributed by atoms with Gasteiger partial charge in [-0.1, -0.05) is 0 Å². The number of hydrogen-bond acceptors (Lipinski definition) is 6. The number of nitrogens with one attached hydrogen (secondary N) is 1. The van der Waals surface area contributed by atoms with Gasteiger partial charge in [-0.15, -0.1) is 5.06 Å². The molecule has 2 aliphatic rings. The van der Waals surface area contributed by atoms with Crippen molar-refractivity contribution in [2.45, 2.75) is 37.6 Å². The molecule has 1 atom stereocenters. The van der Waals surface area contributed by atoms with Crippen molar-refractivity contribution in [1.29, 1.82) is 0 Å². The molecule has 0 aliphatic carbocycles. The number of nitrogens with zero attached hydrogens (tertiary/aromatic N) is 1. The maximum absolute atomic E-state index is 11.9. The lowest BCUT2D eigenvalue weighted by Crippen LogP contribution is -2.59. The number of rotatable bonds is 5. The van der Waals surface area contributed by atoms with E-state index < -0.39 is 12.1 Å². The summed E-state index contributed by atoms with van der Waals surface area (Å²) in [5.74, 6) is -2.20. The second-order valence-corrected chi connectivity index (χ2v) is 4.84. The van der Waals surface area contributed by atoms with E-state index in [-0.39, 0.29) is 25.2 Å². The van der Waals surface area contributed by atoms with Crippen LogP contribution in [-0.2, 0) is 19.2 Å². The Balaban J connectivity index is 1.52. The Hall–Kier alpha value is -0.900. The molecule has 20 heavy (non-hydrogen) atoms. The number of hydroxylamine groups is 3. The van der Waals surface area contributed by atoms with Gasteiger partial charge in [0, 0.05) is 6.61 Å². The van der Waals surface area contributed by atoms with E-state index in [1.54, 1.807) is 0 Å². The van der Waals surface area contributed by atoms with E-state index >= 15 is 0 Å². The van der Waals surface area contributed by atoms with Crippen molar-refractivity contribution < 1.29 is 32.4 Å². The first-order chi connectivity index (χ1) is 9.45. The number of carbonyl (C=O) groups excluding carboxylic acids is 1. The van der Waals surface area contributed by atoms with Gasteiger partial charge in [0.05, 0.1) is 31.8 Å². The molecule has 2 saturated heterocycles. The van der Waals surface area contributed by atoms with Crippen LogP contribution >= 0.6 is 0 Å². The van der Waals surface area contributed by atoms with Crippen LogP contribution in [0.2, 0.25) is 0 Å². The van der Waals surface area contributed by atoms with Crippen LogP contribution in [0, 0.1) is 0 Å². The van der Waals surface area contributed by atoms with Gasteiger partial charge in [-0.25, -0.2) is 4.79 Å². The van der Waals surface area contributed by atoms with Crippen molar-refractivity contribution in [1.82, 2.24) is 10.5 Å². The van der Waals surface area contributed by atoms with Crippen LogP contribution < -0.4 is 5.48 Å². The summed E-state index contributed by atoms with van der Waals surface area (Å²) in [7, 11) is 0. The number of halogens is 3. The van der Waals surface area contributed by atoms with Gasteiger partial charge in [-0.3, -0.25) is 4.84 Å². The summed E-state index contributed by atoms with van der Waals surface area (Å²) >= 11 is 0. The van der Waals surface area contributed by atoms with E-state index in [4.69, 9.17) is 9.57 Å². The van der Waals surface area contributed by atoms with Gasteiger partial charge in [-0.05, 0) is 19.3 Å². The molecule has 0 aromatic carbocycles. The highest BCUT2D eigenvalue weighted by molar-refractivity contribution is 5.75. The first kappa shape index (κ1) is 15.5. The molecule has 0 spiro atoms. The van der Waals surface area contributed by atoms with Crippen molar-refractivity contribution in [3.05, 3.63) is 0 Å². The molecule has 2 fully saturated rings. The van der Waals surface area contributed by atoms with Gasteiger partial charge in [0.2, 0.25) is 0 Å². The van der Waals surface area contributed by atoms with Gasteiger partial charge >= 0.3 is 12.1 Å². The maximum Gasteiger partial charge on any atom is 0.492 e. The van der Waals surface area contributed by atoms with Gasteiger partial charge in [0.1, 0.15) is 0 Å². The summed E-state index contributed by atoms with van der Waals surface area (Å²) in [5.41, 5.74) is 2.71. The summed E-state index contributed by atoms with van der Waals surface area (Å²) < 4.78 is 41.2. The molecular formula is C11H17F3N2O4. The quantitative estimate of drug-likeness (QED) is 0.757. The van der Waals surface area contributed by atoms with Crippen LogP contribution in [-0.4, -0.2) is 55.7 Å². The average molecular weight is 298 g/mol. The zero-order chi connectivity index (χ0) is 14.6. The highest BCUT2D eigenvalue weighted by Gasteiger charge is 2.44. The Labute approximate surface area is 114 Å². The third-order valence-corrected chi connectivity index (χ3v) is 3.08. The van der Waals surface area contributed by atoms with Gasteiger partial charge in [0.15, 0.2) is 0 Å². The van der Waals surface area contributed by atoms with Gasteiger partial charge in [0.25, 0.3) is 0 Å². The third-order valence-electron chi connectivity index (χ3n) is 3.08. The molecule has 0 saturated carbocycles. The van der Waals surface area contributed by atoms with E-state index in [0.717, 1.165) is 30.9 Å². The maximum atomic E-state index is 11.9. The van der Waals surface area contributed by atoms with Crippen LogP contribution in [0.1, 0.15) is 19.3 Å². The third kappa shape index (κ3) is 4.58. The summed E-state index contributed by atoms with van der Waals surface area (Å²) in [5, 5.41) is 0.938. The Morgan fingerprint density at radius 1 is 1.35 bits per heavy atom. The Kier molecular flexibility index (Phi) is 5.19. The molecule has 2 heterocycles. The summed E-state index contributed by atoms with van der Waals surface area (Å²) in [6, 6.07) is -0.153. The Morgan fingerprint density at radius 2 is 2.10 bits per heavy atom. The van der Waals surface area contributed by atoms with Crippen molar-refractivity contribution in [3.63, 3.8) is 0 Å². The summed E-state index contributed by atoms with van der Waals surface area (Å²) in [6.45, 7) is 1.46. The fourth-order valence-corrected chi connectivity index (χ4v) is 1.95. The minimum Gasteiger partial charge on any atom is -0.376 e. The molecule has 2 aliphatic heterocycles. The lowest BCUT2D eigenvalue weighted by atomic mass is 10.1. The van der Waals surface area contributed by atoms with Crippen molar-refractivity contribution in [3.8, 4) is 0 Å². The topological polar surface area (TPSA) is 60.0 Å². The lowest BCUT2D eigenvalue weighted by molar-refractivity contribution is -0.259. The van der Waals surface area contributed by atoms with Crippen molar-refractivity contribution in [2.75, 3.05) is 26.3 Å². The van der Waals surface area contributed by atoms with Crippen LogP contribution in [0.4, 0.5) is 13.2 Å². The Bertz CT molecular complexity index is 328. The molecule has 0 aromatic heterocycles. The highest BCUT2D eigenvalue weighted by atomic mass is 19.4. The van der Waals surface area contributed by atoms with Crippen LogP contribution in [0.5, 0.6) is 0 Å². The molecule has 0 amide bonds. The molecule has 0 radical (unpaired) electrons. The summed E-state index contributed by atoms with van der Waals surface area (Å²) in [4.78, 5) is 19.9. The zero-order valence-electron chi connectivity index (χ0n) is 10.8. The number of alkyl halides is 3. The number of ether oxygens (including phenoxy) is 1. The first-order valence-corrected chi connectivity index (χ1v) is 6.48. The smallest absolute Gasteiger partial charge is 0.376 e. The normalized spacial score (nSPS) is 25.2. The molecular weight excluding hydrogens is 281 g/mol. The average Bonchev–Trinajstić information content (AvgIpc) is 2.35. The zero-order valence-corrected chi connectivity index (χ0v) is 10.8. The molecule has 6 nitrogen and oxygen atoms in total. The first-order valence-electron chi connectivity index (χ1n) is 6.48. The van der Waals surface area contributed by atoms with E-state index in [1.807, 2.05) is 0 Å². The minimum absolute atomic E-state index is 0.0653. The SMILES string of the molecule is O=C(ON1CC(NOC[C@H]2CCCCO2)C1)C(F)(F)F. The predicted octanol–water partition coefficient (Wildman–Crippen LogP) is 0.781. The molecule has 2 rings (SSSR count). The second kappa shape index (κ2) is 6.70. The molecule has 0 aromatic rings. The number of carbonyl (C=O) groups is 1. The van der Waals surface area contributed by atoms with Crippen LogP contribution in [0.3, 0.4) is 0 Å². The van der Waals surface area contributed by atoms with Gasteiger partial charge in [-0.2, -0.15) is 18.7 Å².